The van der Waals surface area contributed by atoms with Gasteiger partial charge in [-0.1, -0.05) is 18.2 Å². The Morgan fingerprint density at radius 1 is 1.08 bits per heavy atom. The third-order valence-corrected chi connectivity index (χ3v) is 2.13. The van der Waals surface area contributed by atoms with Crippen LogP contribution in [-0.4, -0.2) is 11.6 Å². The molecule has 0 heterocycles. The van der Waals surface area contributed by atoms with Crippen molar-refractivity contribution in [2.24, 2.45) is 0 Å². The van der Waals surface area contributed by atoms with Gasteiger partial charge in [-0.3, -0.25) is 9.59 Å². The van der Waals surface area contributed by atoms with Gasteiger partial charge >= 0.3 is 0 Å². The second kappa shape index (κ2) is 3.00. The Morgan fingerprint density at radius 2 is 1.85 bits per heavy atom. The van der Waals surface area contributed by atoms with Crippen molar-refractivity contribution in [3.05, 3.63) is 41.2 Å². The maximum atomic E-state index is 11.4. The molecule has 0 atom stereocenters. The molecular formula is C11H8O2. The van der Waals surface area contributed by atoms with E-state index in [9.17, 15) is 9.59 Å². The summed E-state index contributed by atoms with van der Waals surface area (Å²) in [4.78, 5) is 22.8. The Bertz CT molecular complexity index is 402. The summed E-state index contributed by atoms with van der Waals surface area (Å²) in [6.45, 7) is 0. The summed E-state index contributed by atoms with van der Waals surface area (Å²) in [6, 6.07) is 0. The molecule has 2 rings (SSSR count). The monoisotopic (exact) mass is 172 g/mol. The van der Waals surface area contributed by atoms with Gasteiger partial charge < -0.3 is 0 Å². The van der Waals surface area contributed by atoms with Crippen LogP contribution in [0.25, 0.3) is 0 Å². The molecule has 0 aliphatic heterocycles. The van der Waals surface area contributed by atoms with Crippen molar-refractivity contribution in [3.63, 3.8) is 0 Å². The lowest BCUT2D eigenvalue weighted by atomic mass is 9.88. The molecule has 0 aromatic heterocycles. The lowest BCUT2D eigenvalue weighted by molar-refractivity contribution is -0.122. The largest absolute Gasteiger partial charge is 0.294 e. The number of carbonyl (C=O) groups excluding carboxylic acids is 2. The Kier molecular flexibility index (Phi) is 1.84. The summed E-state index contributed by atoms with van der Waals surface area (Å²) < 4.78 is 0. The summed E-state index contributed by atoms with van der Waals surface area (Å²) in [5, 5.41) is 0. The van der Waals surface area contributed by atoms with Gasteiger partial charge in [0.2, 0.25) is 0 Å². The average Bonchev–Trinajstić information content (AvgIpc) is 2.37. The maximum Gasteiger partial charge on any atom is 0.171 e. The number of rotatable bonds is 0. The van der Waals surface area contributed by atoms with Gasteiger partial charge in [-0.05, 0) is 6.08 Å². The highest BCUT2D eigenvalue weighted by Crippen LogP contribution is 2.23. The minimum atomic E-state index is 0.0193. The Balaban J connectivity index is 2.57. The molecule has 13 heavy (non-hydrogen) atoms. The topological polar surface area (TPSA) is 34.1 Å². The van der Waals surface area contributed by atoms with Crippen LogP contribution in [0.4, 0.5) is 0 Å². The zero-order chi connectivity index (χ0) is 9.26. The molecule has 0 bridgehead atoms. The predicted octanol–water partition coefficient (Wildman–Crippen LogP) is 1.50. The molecule has 0 aromatic carbocycles. The van der Waals surface area contributed by atoms with Gasteiger partial charge in [0.25, 0.3) is 0 Å². The van der Waals surface area contributed by atoms with Crippen LogP contribution in [-0.2, 0) is 9.59 Å². The van der Waals surface area contributed by atoms with Crippen LogP contribution in [0.3, 0.4) is 0 Å². The van der Waals surface area contributed by atoms with Gasteiger partial charge in [0.15, 0.2) is 11.6 Å². The zero-order valence-corrected chi connectivity index (χ0v) is 7.04. The van der Waals surface area contributed by atoms with E-state index >= 15 is 0 Å². The van der Waals surface area contributed by atoms with Gasteiger partial charge in [0.05, 0.1) is 5.57 Å². The standard InChI is InChI=1S/C11H8O2/c12-10-6-7-11(13)9-5-3-1-2-4-8(9)10/h1-4H,6-7H2. The highest BCUT2D eigenvalue weighted by molar-refractivity contribution is 6.17. The normalized spacial score (nSPS) is 20.6. The number of carbonyl (C=O) groups is 2. The van der Waals surface area contributed by atoms with E-state index in [2.05, 4.69) is 5.73 Å². The summed E-state index contributed by atoms with van der Waals surface area (Å²) in [6.07, 6.45) is 7.53. The fraction of sp³-hybridized carbons (Fsp3) is 0.182. The molecule has 1 saturated carbocycles. The van der Waals surface area contributed by atoms with Crippen molar-refractivity contribution in [1.29, 1.82) is 0 Å². The van der Waals surface area contributed by atoms with E-state index in [1.165, 1.54) is 0 Å². The number of hydrogen-bond acceptors (Lipinski definition) is 2. The van der Waals surface area contributed by atoms with Crippen LogP contribution in [0.15, 0.2) is 41.2 Å². The minimum absolute atomic E-state index is 0.0193. The summed E-state index contributed by atoms with van der Waals surface area (Å²) in [5.74, 6) is 0.0628. The van der Waals surface area contributed by atoms with Gasteiger partial charge in [0.1, 0.15) is 0 Å². The van der Waals surface area contributed by atoms with E-state index in [4.69, 9.17) is 0 Å². The molecule has 2 aliphatic rings. The molecule has 0 aromatic rings. The second-order valence-corrected chi connectivity index (χ2v) is 3.00. The van der Waals surface area contributed by atoms with Crippen molar-refractivity contribution >= 4 is 11.6 Å². The van der Waals surface area contributed by atoms with Crippen molar-refractivity contribution in [2.75, 3.05) is 0 Å². The highest BCUT2D eigenvalue weighted by atomic mass is 16.1. The molecule has 0 amide bonds. The molecule has 1 fully saturated rings. The molecule has 0 spiro atoms. The summed E-state index contributed by atoms with van der Waals surface area (Å²) >= 11 is 0. The van der Waals surface area contributed by atoms with E-state index < -0.39 is 0 Å². The molecule has 2 aliphatic carbocycles. The first-order valence-electron chi connectivity index (χ1n) is 4.19. The molecule has 0 radical (unpaired) electrons. The van der Waals surface area contributed by atoms with Gasteiger partial charge in [-0.15, -0.1) is 5.73 Å². The molecule has 0 unspecified atom stereocenters. The van der Waals surface area contributed by atoms with Crippen molar-refractivity contribution in [2.45, 2.75) is 12.8 Å². The van der Waals surface area contributed by atoms with Crippen LogP contribution in [0.2, 0.25) is 0 Å². The molecule has 0 N–H and O–H groups in total. The van der Waals surface area contributed by atoms with Gasteiger partial charge in [0, 0.05) is 18.4 Å². The quantitative estimate of drug-likeness (QED) is 0.519. The first-order chi connectivity index (χ1) is 6.29. The van der Waals surface area contributed by atoms with Crippen molar-refractivity contribution in [3.8, 4) is 0 Å². The fourth-order valence-electron chi connectivity index (χ4n) is 1.45. The van der Waals surface area contributed by atoms with Crippen LogP contribution in [0, 0.1) is 0 Å². The Morgan fingerprint density at radius 3 is 2.69 bits per heavy atom. The van der Waals surface area contributed by atoms with E-state index in [0.717, 1.165) is 0 Å². The molecular weight excluding hydrogens is 164 g/mol. The maximum absolute atomic E-state index is 11.4. The van der Waals surface area contributed by atoms with Gasteiger partial charge in [-0.2, -0.15) is 0 Å². The Labute approximate surface area is 75.9 Å². The SMILES string of the molecule is O=C1CCC(=O)C2=CC=CC=C=C12. The van der Waals surface area contributed by atoms with Crippen LogP contribution >= 0.6 is 0 Å². The second-order valence-electron chi connectivity index (χ2n) is 3.00. The van der Waals surface area contributed by atoms with Crippen LogP contribution in [0.1, 0.15) is 12.8 Å². The number of fused-ring (bicyclic) bond motifs is 1. The van der Waals surface area contributed by atoms with Crippen LogP contribution in [0.5, 0.6) is 0 Å². The third kappa shape index (κ3) is 1.32. The number of ketones is 2. The fourth-order valence-corrected chi connectivity index (χ4v) is 1.45. The first kappa shape index (κ1) is 7.96. The van der Waals surface area contributed by atoms with Gasteiger partial charge in [-0.25, -0.2) is 0 Å². The van der Waals surface area contributed by atoms with E-state index in [0.29, 0.717) is 24.0 Å². The smallest absolute Gasteiger partial charge is 0.171 e. The Hall–Kier alpha value is -1.66. The van der Waals surface area contributed by atoms with E-state index in [1.54, 1.807) is 24.3 Å². The third-order valence-electron chi connectivity index (χ3n) is 2.13. The molecule has 2 nitrogen and oxygen atoms in total. The number of Topliss-reactive ketones (excluding diaryl/α,β-unsaturated/α-hetero) is 2. The summed E-state index contributed by atoms with van der Waals surface area (Å²) in [5.41, 5.74) is 3.79. The average molecular weight is 172 g/mol. The number of hydrogen-bond donors (Lipinski definition) is 0. The lowest BCUT2D eigenvalue weighted by Gasteiger charge is -2.12. The highest BCUT2D eigenvalue weighted by Gasteiger charge is 2.26. The molecule has 2 heteroatoms. The first-order valence-corrected chi connectivity index (χ1v) is 4.19. The van der Waals surface area contributed by atoms with Crippen molar-refractivity contribution in [1.82, 2.24) is 0 Å². The van der Waals surface area contributed by atoms with E-state index in [1.807, 2.05) is 0 Å². The number of allylic oxidation sites excluding steroid dienone is 5. The summed E-state index contributed by atoms with van der Waals surface area (Å²) in [7, 11) is 0. The minimum Gasteiger partial charge on any atom is -0.294 e. The lowest BCUT2D eigenvalue weighted by Crippen LogP contribution is -2.19. The molecule has 0 saturated heterocycles. The van der Waals surface area contributed by atoms with E-state index in [-0.39, 0.29) is 11.6 Å². The van der Waals surface area contributed by atoms with Crippen LogP contribution < -0.4 is 0 Å². The predicted molar refractivity (Wildman–Crippen MR) is 48.1 cm³/mol. The zero-order valence-electron chi connectivity index (χ0n) is 7.04. The molecule has 64 valence electrons. The van der Waals surface area contributed by atoms with Crippen molar-refractivity contribution < 1.29 is 9.59 Å².